The van der Waals surface area contributed by atoms with E-state index in [0.717, 1.165) is 23.0 Å². The quantitative estimate of drug-likeness (QED) is 0.614. The number of anilines is 1. The summed E-state index contributed by atoms with van der Waals surface area (Å²) in [6, 6.07) is 10.2. The van der Waals surface area contributed by atoms with E-state index in [2.05, 4.69) is 19.9 Å². The number of benzene rings is 1. The molecule has 0 radical (unpaired) electrons. The molecule has 160 valence electrons. The Labute approximate surface area is 181 Å². The van der Waals surface area contributed by atoms with Gasteiger partial charge in [0, 0.05) is 37.9 Å². The molecule has 2 aromatic heterocycles. The molecule has 9 nitrogen and oxygen atoms in total. The zero-order valence-electron chi connectivity index (χ0n) is 17.6. The van der Waals surface area contributed by atoms with E-state index >= 15 is 0 Å². The lowest BCUT2D eigenvalue weighted by Gasteiger charge is -2.35. The van der Waals surface area contributed by atoms with Gasteiger partial charge >= 0.3 is 0 Å². The van der Waals surface area contributed by atoms with Crippen LogP contribution >= 0.6 is 0 Å². The van der Waals surface area contributed by atoms with Crippen LogP contribution < -0.4 is 4.90 Å². The molecule has 0 atom stereocenters. The number of hydrogen-bond donors (Lipinski definition) is 0. The van der Waals surface area contributed by atoms with Crippen LogP contribution in [0.15, 0.2) is 41.6 Å². The van der Waals surface area contributed by atoms with Crippen molar-refractivity contribution in [2.45, 2.75) is 25.7 Å². The molecule has 1 fully saturated rings. The van der Waals surface area contributed by atoms with Crippen LogP contribution in [0.1, 0.15) is 22.8 Å². The summed E-state index contributed by atoms with van der Waals surface area (Å²) in [6.45, 7) is 7.38. The van der Waals surface area contributed by atoms with Crippen LogP contribution in [0, 0.1) is 32.1 Å². The molecular formula is C21H23N7O2S. The lowest BCUT2D eigenvalue weighted by molar-refractivity contribution is 0.383. The lowest BCUT2D eigenvalue weighted by Crippen LogP contribution is -2.49. The van der Waals surface area contributed by atoms with Gasteiger partial charge in [-0.2, -0.15) is 9.57 Å². The predicted molar refractivity (Wildman–Crippen MR) is 115 cm³/mol. The van der Waals surface area contributed by atoms with Gasteiger partial charge < -0.3 is 4.90 Å². The third-order valence-electron chi connectivity index (χ3n) is 5.50. The number of rotatable bonds is 4. The number of hydrogen-bond acceptors (Lipinski definition) is 7. The van der Waals surface area contributed by atoms with Crippen molar-refractivity contribution < 1.29 is 8.42 Å². The second kappa shape index (κ2) is 8.09. The maximum Gasteiger partial charge on any atom is 0.244 e. The van der Waals surface area contributed by atoms with Gasteiger partial charge in [-0.25, -0.2) is 23.4 Å². The Morgan fingerprint density at radius 2 is 1.68 bits per heavy atom. The minimum absolute atomic E-state index is 0.0528. The molecule has 3 heterocycles. The number of nitriles is 1. The zero-order chi connectivity index (χ0) is 22.2. The SMILES string of the molecule is Cc1nc(N2CCN(S(=O)(=O)c3ccccc3C#N)CC2)cc(-n2cnc(C)c2C)n1. The molecule has 0 unspecified atom stereocenters. The van der Waals surface area contributed by atoms with E-state index in [1.54, 1.807) is 18.5 Å². The number of piperazine rings is 1. The largest absolute Gasteiger partial charge is 0.354 e. The first-order chi connectivity index (χ1) is 14.8. The number of sulfonamides is 1. The maximum atomic E-state index is 13.1. The van der Waals surface area contributed by atoms with Crippen LogP contribution in [-0.2, 0) is 10.0 Å². The van der Waals surface area contributed by atoms with Crippen molar-refractivity contribution in [3.63, 3.8) is 0 Å². The van der Waals surface area contributed by atoms with Crippen molar-refractivity contribution in [1.82, 2.24) is 23.8 Å². The molecule has 0 N–H and O–H groups in total. The van der Waals surface area contributed by atoms with Crippen LogP contribution in [-0.4, -0.2) is 58.4 Å². The average Bonchev–Trinajstić information content (AvgIpc) is 3.11. The second-order valence-electron chi connectivity index (χ2n) is 7.42. The van der Waals surface area contributed by atoms with E-state index in [0.29, 0.717) is 32.0 Å². The van der Waals surface area contributed by atoms with E-state index in [9.17, 15) is 13.7 Å². The molecule has 0 spiro atoms. The minimum atomic E-state index is -3.73. The van der Waals surface area contributed by atoms with Gasteiger partial charge in [-0.15, -0.1) is 0 Å². The Kier molecular flexibility index (Phi) is 5.47. The van der Waals surface area contributed by atoms with E-state index < -0.39 is 10.0 Å². The number of aromatic nitrogens is 4. The van der Waals surface area contributed by atoms with Gasteiger partial charge in [-0.3, -0.25) is 4.57 Å². The van der Waals surface area contributed by atoms with Gasteiger partial charge in [-0.1, -0.05) is 12.1 Å². The van der Waals surface area contributed by atoms with Gasteiger partial charge in [0.1, 0.15) is 29.9 Å². The smallest absolute Gasteiger partial charge is 0.244 e. The molecular weight excluding hydrogens is 414 g/mol. The van der Waals surface area contributed by atoms with E-state index in [1.165, 1.54) is 16.4 Å². The summed E-state index contributed by atoms with van der Waals surface area (Å²) in [5.41, 5.74) is 2.11. The zero-order valence-corrected chi connectivity index (χ0v) is 18.5. The lowest BCUT2D eigenvalue weighted by atomic mass is 10.2. The highest BCUT2D eigenvalue weighted by atomic mass is 32.2. The van der Waals surface area contributed by atoms with Crippen LogP contribution in [0.3, 0.4) is 0 Å². The van der Waals surface area contributed by atoms with Gasteiger partial charge in [0.15, 0.2) is 0 Å². The first-order valence-corrected chi connectivity index (χ1v) is 11.4. The topological polar surface area (TPSA) is 108 Å². The molecule has 0 bridgehead atoms. The third-order valence-corrected chi connectivity index (χ3v) is 7.45. The molecule has 4 rings (SSSR count). The molecule has 0 aliphatic carbocycles. The molecule has 1 aromatic carbocycles. The van der Waals surface area contributed by atoms with Crippen molar-refractivity contribution in [3.8, 4) is 11.9 Å². The monoisotopic (exact) mass is 437 g/mol. The molecule has 0 saturated carbocycles. The van der Waals surface area contributed by atoms with E-state index in [4.69, 9.17) is 0 Å². The molecule has 1 saturated heterocycles. The predicted octanol–water partition coefficient (Wildman–Crippen LogP) is 1.97. The molecule has 10 heteroatoms. The second-order valence-corrected chi connectivity index (χ2v) is 9.32. The number of imidazole rings is 1. The van der Waals surface area contributed by atoms with Gasteiger partial charge in [0.25, 0.3) is 0 Å². The fourth-order valence-corrected chi connectivity index (χ4v) is 5.20. The summed E-state index contributed by atoms with van der Waals surface area (Å²) >= 11 is 0. The standard InChI is InChI=1S/C21H23N7O2S/c1-15-16(2)28(14-23-15)21-12-20(24-17(3)25-21)26-8-10-27(11-9-26)31(29,30)19-7-5-4-6-18(19)13-22/h4-7,12,14H,8-11H2,1-3H3. The first kappa shape index (κ1) is 21.0. The number of aryl methyl sites for hydroxylation is 2. The minimum Gasteiger partial charge on any atom is -0.354 e. The Morgan fingerprint density at radius 1 is 1.00 bits per heavy atom. The fraction of sp³-hybridized carbons (Fsp3) is 0.333. The average molecular weight is 438 g/mol. The van der Waals surface area contributed by atoms with Gasteiger partial charge in [-0.05, 0) is 32.9 Å². The van der Waals surface area contributed by atoms with Crippen molar-refractivity contribution in [3.05, 3.63) is 59.4 Å². The third kappa shape index (κ3) is 3.89. The molecule has 3 aromatic rings. The van der Waals surface area contributed by atoms with Crippen molar-refractivity contribution >= 4 is 15.8 Å². The van der Waals surface area contributed by atoms with Crippen LogP contribution in [0.4, 0.5) is 5.82 Å². The Morgan fingerprint density at radius 3 is 2.32 bits per heavy atom. The van der Waals surface area contributed by atoms with Crippen molar-refractivity contribution in [2.24, 2.45) is 0 Å². The summed E-state index contributed by atoms with van der Waals surface area (Å²) in [5.74, 6) is 2.12. The Bertz CT molecular complexity index is 1270. The summed E-state index contributed by atoms with van der Waals surface area (Å²) in [5, 5.41) is 9.28. The first-order valence-electron chi connectivity index (χ1n) is 9.92. The number of nitrogens with zero attached hydrogens (tertiary/aromatic N) is 7. The highest BCUT2D eigenvalue weighted by Crippen LogP contribution is 2.24. The normalized spacial score (nSPS) is 15.1. The molecule has 1 aliphatic heterocycles. The van der Waals surface area contributed by atoms with Crippen LogP contribution in [0.25, 0.3) is 5.82 Å². The van der Waals surface area contributed by atoms with E-state index in [-0.39, 0.29) is 10.5 Å². The highest BCUT2D eigenvalue weighted by molar-refractivity contribution is 7.89. The molecule has 0 amide bonds. The summed E-state index contributed by atoms with van der Waals surface area (Å²) in [4.78, 5) is 15.5. The van der Waals surface area contributed by atoms with Gasteiger partial charge in [0.05, 0.1) is 16.2 Å². The van der Waals surface area contributed by atoms with Gasteiger partial charge in [0.2, 0.25) is 10.0 Å². The molecule has 1 aliphatic rings. The Hall–Kier alpha value is -3.29. The summed E-state index contributed by atoms with van der Waals surface area (Å²) < 4.78 is 29.5. The van der Waals surface area contributed by atoms with Crippen molar-refractivity contribution in [2.75, 3.05) is 31.1 Å². The molecule has 31 heavy (non-hydrogen) atoms. The summed E-state index contributed by atoms with van der Waals surface area (Å²) in [7, 11) is -3.73. The highest BCUT2D eigenvalue weighted by Gasteiger charge is 2.30. The van der Waals surface area contributed by atoms with Crippen LogP contribution in [0.5, 0.6) is 0 Å². The van der Waals surface area contributed by atoms with E-state index in [1.807, 2.05) is 37.5 Å². The summed E-state index contributed by atoms with van der Waals surface area (Å²) in [6.07, 6.45) is 1.74. The van der Waals surface area contributed by atoms with Crippen molar-refractivity contribution in [1.29, 1.82) is 5.26 Å². The maximum absolute atomic E-state index is 13.1. The van der Waals surface area contributed by atoms with Crippen LogP contribution in [0.2, 0.25) is 0 Å². The fourth-order valence-electron chi connectivity index (χ4n) is 3.63. The Balaban J connectivity index is 1.56.